The van der Waals surface area contributed by atoms with Gasteiger partial charge in [0.25, 0.3) is 11.8 Å². The summed E-state index contributed by atoms with van der Waals surface area (Å²) in [4.78, 5) is 37.7. The summed E-state index contributed by atoms with van der Waals surface area (Å²) in [7, 11) is 1.33. The molecule has 1 fully saturated rings. The minimum absolute atomic E-state index is 0.0407. The van der Waals surface area contributed by atoms with Gasteiger partial charge in [-0.3, -0.25) is 19.7 Å². The second-order valence-electron chi connectivity index (χ2n) is 8.84. The monoisotopic (exact) mass is 469 g/mol. The number of nitro benzene ring substituents is 1. The lowest BCUT2D eigenvalue weighted by atomic mass is 9.55. The highest BCUT2D eigenvalue weighted by atomic mass is 16.6. The lowest BCUT2D eigenvalue weighted by Crippen LogP contribution is -2.41. The van der Waals surface area contributed by atoms with E-state index in [0.717, 1.165) is 39.5 Å². The van der Waals surface area contributed by atoms with Crippen molar-refractivity contribution in [2.45, 2.75) is 11.8 Å². The second-order valence-corrected chi connectivity index (χ2v) is 8.84. The van der Waals surface area contributed by atoms with Crippen LogP contribution in [-0.2, 0) is 9.59 Å². The number of methoxy groups -OCH3 is 1. The molecule has 1 N–H and O–H groups in total. The molecule has 1 heterocycles. The Hall–Kier alpha value is -4.53. The molecule has 174 valence electrons. The first-order chi connectivity index (χ1) is 16.9. The molecule has 2 amide bonds. The Balaban J connectivity index is 1.43. The zero-order valence-electron chi connectivity index (χ0n) is 18.5. The van der Waals surface area contributed by atoms with Gasteiger partial charge in [-0.15, -0.1) is 0 Å². The molecule has 3 aliphatic carbocycles. The van der Waals surface area contributed by atoms with Crippen molar-refractivity contribution in [3.63, 3.8) is 0 Å². The van der Waals surface area contributed by atoms with Gasteiger partial charge in [-0.05, 0) is 28.3 Å². The average molecular weight is 469 g/mol. The molecule has 3 aromatic carbocycles. The molecule has 9 nitrogen and oxygen atoms in total. The van der Waals surface area contributed by atoms with E-state index in [1.807, 2.05) is 48.5 Å². The number of amides is 2. The maximum absolute atomic E-state index is 13.6. The van der Waals surface area contributed by atoms with Gasteiger partial charge in [0, 0.05) is 17.4 Å². The number of hydrogen-bond acceptors (Lipinski definition) is 7. The third-order valence-corrected chi connectivity index (χ3v) is 7.26. The molecule has 0 spiro atoms. The molecule has 1 saturated heterocycles. The Morgan fingerprint density at radius 3 is 1.86 bits per heavy atom. The molecule has 9 heteroatoms. The van der Waals surface area contributed by atoms with E-state index in [0.29, 0.717) is 0 Å². The number of hydrogen-bond donors (Lipinski definition) is 1. The van der Waals surface area contributed by atoms with Gasteiger partial charge in [-0.1, -0.05) is 48.5 Å². The number of hydrazone groups is 1. The van der Waals surface area contributed by atoms with E-state index in [2.05, 4.69) is 5.10 Å². The molecule has 2 bridgehead atoms. The predicted octanol–water partition coefficient (Wildman–Crippen LogP) is 3.54. The van der Waals surface area contributed by atoms with Gasteiger partial charge < -0.3 is 9.84 Å². The smallest absolute Gasteiger partial charge is 0.315 e. The highest BCUT2D eigenvalue weighted by Crippen LogP contribution is 2.61. The quantitative estimate of drug-likeness (QED) is 0.270. The Bertz CT molecular complexity index is 1350. The van der Waals surface area contributed by atoms with Crippen molar-refractivity contribution in [1.29, 1.82) is 0 Å². The van der Waals surface area contributed by atoms with Gasteiger partial charge in [0.1, 0.15) is 5.75 Å². The first-order valence-corrected chi connectivity index (χ1v) is 11.1. The van der Waals surface area contributed by atoms with Crippen molar-refractivity contribution in [1.82, 2.24) is 5.01 Å². The van der Waals surface area contributed by atoms with E-state index < -0.39 is 40.0 Å². The fraction of sp³-hybridized carbons (Fsp3) is 0.192. The number of benzene rings is 3. The summed E-state index contributed by atoms with van der Waals surface area (Å²) in [6, 6.07) is 18.2. The van der Waals surface area contributed by atoms with Gasteiger partial charge in [-0.2, -0.15) is 10.1 Å². The van der Waals surface area contributed by atoms with E-state index >= 15 is 0 Å². The summed E-state index contributed by atoms with van der Waals surface area (Å²) in [6.07, 6.45) is 1.08. The molecule has 1 aliphatic heterocycles. The molecule has 4 aliphatic rings. The van der Waals surface area contributed by atoms with Gasteiger partial charge in [0.15, 0.2) is 0 Å². The molecule has 0 saturated carbocycles. The predicted molar refractivity (Wildman–Crippen MR) is 124 cm³/mol. The Labute approximate surface area is 199 Å². The normalized spacial score (nSPS) is 23.9. The molecule has 0 aromatic heterocycles. The van der Waals surface area contributed by atoms with Crippen molar-refractivity contribution in [3.05, 3.63) is 98.6 Å². The molecular formula is C26H19N3O6. The number of phenols is 1. The Morgan fingerprint density at radius 1 is 0.943 bits per heavy atom. The lowest BCUT2D eigenvalue weighted by Gasteiger charge is -2.45. The van der Waals surface area contributed by atoms with Gasteiger partial charge in [0.2, 0.25) is 5.75 Å². The number of nitrogens with zero attached hydrogens (tertiary/aromatic N) is 3. The summed E-state index contributed by atoms with van der Waals surface area (Å²) >= 11 is 0. The van der Waals surface area contributed by atoms with E-state index in [1.165, 1.54) is 13.2 Å². The van der Waals surface area contributed by atoms with E-state index in [9.17, 15) is 24.8 Å². The summed E-state index contributed by atoms with van der Waals surface area (Å²) < 4.78 is 5.08. The van der Waals surface area contributed by atoms with E-state index in [-0.39, 0.29) is 23.1 Å². The number of ether oxygens (including phenoxy) is 1. The molecular weight excluding hydrogens is 450 g/mol. The van der Waals surface area contributed by atoms with Crippen LogP contribution >= 0.6 is 0 Å². The molecule has 2 unspecified atom stereocenters. The maximum Gasteiger partial charge on any atom is 0.315 e. The van der Waals surface area contributed by atoms with Gasteiger partial charge in [-0.25, -0.2) is 0 Å². The highest BCUT2D eigenvalue weighted by molar-refractivity contribution is 6.08. The summed E-state index contributed by atoms with van der Waals surface area (Å²) in [6.45, 7) is 0. The molecule has 0 radical (unpaired) electrons. The van der Waals surface area contributed by atoms with Crippen LogP contribution in [0.25, 0.3) is 0 Å². The molecule has 7 rings (SSSR count). The summed E-state index contributed by atoms with van der Waals surface area (Å²) in [5.74, 6) is -3.06. The summed E-state index contributed by atoms with van der Waals surface area (Å²) in [5, 5.41) is 26.6. The van der Waals surface area contributed by atoms with Crippen LogP contribution in [0.4, 0.5) is 5.69 Å². The number of imide groups is 1. The number of nitro groups is 1. The van der Waals surface area contributed by atoms with Crippen molar-refractivity contribution in [2.75, 3.05) is 7.11 Å². The summed E-state index contributed by atoms with van der Waals surface area (Å²) in [5.41, 5.74) is 3.58. The van der Waals surface area contributed by atoms with Crippen LogP contribution in [-0.4, -0.2) is 40.2 Å². The fourth-order valence-electron chi connectivity index (χ4n) is 5.87. The number of carbonyl (C=O) groups excluding carboxylic acids is 2. The minimum Gasteiger partial charge on any atom is -0.502 e. The highest BCUT2D eigenvalue weighted by Gasteiger charge is 2.61. The van der Waals surface area contributed by atoms with Gasteiger partial charge in [0.05, 0.1) is 36.1 Å². The van der Waals surface area contributed by atoms with Crippen LogP contribution in [0.2, 0.25) is 0 Å². The SMILES string of the molecule is COc1cc(/C=N/N2C(=O)C3C4c5ccccc5C(c5ccccc54)C3C2=O)c(O)c([N+](=O)[O-])c1. The van der Waals surface area contributed by atoms with Gasteiger partial charge >= 0.3 is 5.69 Å². The van der Waals surface area contributed by atoms with Crippen molar-refractivity contribution in [2.24, 2.45) is 16.9 Å². The van der Waals surface area contributed by atoms with Crippen LogP contribution in [0.1, 0.15) is 39.7 Å². The van der Waals surface area contributed by atoms with Crippen LogP contribution in [0, 0.1) is 22.0 Å². The number of phenolic OH excluding ortho intramolecular Hbond substituents is 1. The Morgan fingerprint density at radius 2 is 1.43 bits per heavy atom. The van der Waals surface area contributed by atoms with Crippen molar-refractivity contribution < 1.29 is 24.4 Å². The first-order valence-electron chi connectivity index (χ1n) is 11.1. The molecule has 2 atom stereocenters. The largest absolute Gasteiger partial charge is 0.502 e. The standard InChI is InChI=1S/C26H19N3O6/c1-35-14-10-13(24(30)19(11-14)29(33)34)12-27-28-25(31)22-20-15-6-2-3-7-16(15)21(23(22)26(28)32)18-9-5-4-8-17(18)20/h2-12,20-23,30H,1H3/b27-12+. The van der Waals surface area contributed by atoms with Crippen LogP contribution < -0.4 is 4.74 Å². The molecule has 3 aromatic rings. The minimum atomic E-state index is -0.748. The first kappa shape index (κ1) is 21.0. The lowest BCUT2D eigenvalue weighted by molar-refractivity contribution is -0.385. The maximum atomic E-state index is 13.6. The number of carbonyl (C=O) groups is 2. The van der Waals surface area contributed by atoms with E-state index in [4.69, 9.17) is 4.74 Å². The van der Waals surface area contributed by atoms with Crippen molar-refractivity contribution >= 4 is 23.7 Å². The second kappa shape index (κ2) is 7.49. The number of rotatable bonds is 4. The third kappa shape index (κ3) is 2.84. The molecule has 35 heavy (non-hydrogen) atoms. The van der Waals surface area contributed by atoms with Crippen LogP contribution in [0.5, 0.6) is 11.5 Å². The van der Waals surface area contributed by atoms with E-state index in [1.54, 1.807) is 0 Å². The van der Waals surface area contributed by atoms with Crippen molar-refractivity contribution in [3.8, 4) is 11.5 Å². The topological polar surface area (TPSA) is 122 Å². The average Bonchev–Trinajstić information content (AvgIpc) is 3.13. The van der Waals surface area contributed by atoms with Crippen LogP contribution in [0.15, 0.2) is 65.8 Å². The zero-order chi connectivity index (χ0) is 24.4. The number of aromatic hydroxyl groups is 1. The zero-order valence-corrected chi connectivity index (χ0v) is 18.5. The third-order valence-electron chi connectivity index (χ3n) is 7.26. The Kier molecular flexibility index (Phi) is 4.50. The fourth-order valence-corrected chi connectivity index (χ4v) is 5.87. The van der Waals surface area contributed by atoms with Crippen LogP contribution in [0.3, 0.4) is 0 Å².